The summed E-state index contributed by atoms with van der Waals surface area (Å²) in [6.45, 7) is 0. The molecule has 6 heteroatoms. The van der Waals surface area contributed by atoms with Crippen LogP contribution in [0.2, 0.25) is 0 Å². The van der Waals surface area contributed by atoms with Crippen molar-refractivity contribution in [3.8, 4) is 0 Å². The van der Waals surface area contributed by atoms with Gasteiger partial charge in [0.1, 0.15) is 5.50 Å². The lowest BCUT2D eigenvalue weighted by Crippen LogP contribution is -2.62. The smallest absolute Gasteiger partial charge is 0.311 e. The van der Waals surface area contributed by atoms with E-state index < -0.39 is 11.8 Å². The molecule has 1 atom stereocenters. The van der Waals surface area contributed by atoms with E-state index in [1.165, 1.54) is 16.7 Å². The molecular formula is C5H9N3O2S. The first-order valence-electron chi connectivity index (χ1n) is 3.02. The number of likely N-dealkylation sites (N-methyl/N-ethyl adjacent to an activating group) is 1. The number of hydrogen-bond donors (Lipinski definition) is 2. The maximum absolute atomic E-state index is 11.0. The van der Waals surface area contributed by atoms with Crippen LogP contribution >= 0.6 is 11.8 Å². The SMILES string of the molecule is CSC1NNC(=O)C(=O)N1C. The predicted octanol–water partition coefficient (Wildman–Crippen LogP) is -1.27. The van der Waals surface area contributed by atoms with Crippen molar-refractivity contribution in [1.82, 2.24) is 15.8 Å². The molecule has 1 aliphatic heterocycles. The molecule has 0 aromatic rings. The highest BCUT2D eigenvalue weighted by Crippen LogP contribution is 2.08. The molecule has 1 saturated heterocycles. The van der Waals surface area contributed by atoms with E-state index in [-0.39, 0.29) is 5.50 Å². The first-order valence-corrected chi connectivity index (χ1v) is 4.31. The van der Waals surface area contributed by atoms with Crippen LogP contribution in [0.15, 0.2) is 0 Å². The number of nitrogens with zero attached hydrogens (tertiary/aromatic N) is 1. The first kappa shape index (κ1) is 8.35. The number of thioether (sulfide) groups is 1. The van der Waals surface area contributed by atoms with E-state index in [1.807, 2.05) is 6.26 Å². The van der Waals surface area contributed by atoms with Gasteiger partial charge in [-0.1, -0.05) is 0 Å². The molecule has 62 valence electrons. The second-order valence-corrected chi connectivity index (χ2v) is 3.02. The summed E-state index contributed by atoms with van der Waals surface area (Å²) in [7, 11) is 1.58. The van der Waals surface area contributed by atoms with Crippen LogP contribution in [0, 0.1) is 0 Å². The van der Waals surface area contributed by atoms with Crippen LogP contribution in [0.1, 0.15) is 0 Å². The molecule has 2 amide bonds. The highest BCUT2D eigenvalue weighted by Gasteiger charge is 2.29. The predicted molar refractivity (Wildman–Crippen MR) is 41.4 cm³/mol. The van der Waals surface area contributed by atoms with Gasteiger partial charge in [0, 0.05) is 7.05 Å². The third-order valence-corrected chi connectivity index (χ3v) is 2.28. The zero-order chi connectivity index (χ0) is 8.43. The first-order chi connectivity index (χ1) is 5.16. The molecule has 0 saturated carbocycles. The van der Waals surface area contributed by atoms with Crippen LogP contribution in [-0.4, -0.2) is 35.5 Å². The van der Waals surface area contributed by atoms with Crippen LogP contribution in [0.25, 0.3) is 0 Å². The lowest BCUT2D eigenvalue weighted by molar-refractivity contribution is -0.149. The number of rotatable bonds is 1. The molecule has 1 aliphatic rings. The van der Waals surface area contributed by atoms with Gasteiger partial charge in [-0.15, -0.1) is 11.8 Å². The number of hydrazine groups is 1. The van der Waals surface area contributed by atoms with Crippen molar-refractivity contribution < 1.29 is 9.59 Å². The molecule has 0 aromatic heterocycles. The van der Waals surface area contributed by atoms with Crippen molar-refractivity contribution in [3.63, 3.8) is 0 Å². The molecular weight excluding hydrogens is 166 g/mol. The van der Waals surface area contributed by atoms with Crippen LogP contribution in [0.5, 0.6) is 0 Å². The van der Waals surface area contributed by atoms with Crippen molar-refractivity contribution >= 4 is 23.6 Å². The molecule has 0 spiro atoms. The van der Waals surface area contributed by atoms with E-state index in [2.05, 4.69) is 10.9 Å². The van der Waals surface area contributed by atoms with Crippen molar-refractivity contribution in [2.24, 2.45) is 0 Å². The Kier molecular flexibility index (Phi) is 2.35. The number of carbonyl (C=O) groups excluding carboxylic acids is 2. The van der Waals surface area contributed by atoms with E-state index in [9.17, 15) is 9.59 Å². The van der Waals surface area contributed by atoms with Crippen molar-refractivity contribution in [3.05, 3.63) is 0 Å². The minimum absolute atomic E-state index is 0.166. The highest BCUT2D eigenvalue weighted by atomic mass is 32.2. The van der Waals surface area contributed by atoms with Gasteiger partial charge in [0.2, 0.25) is 0 Å². The van der Waals surface area contributed by atoms with Gasteiger partial charge in [-0.25, -0.2) is 5.43 Å². The molecule has 1 unspecified atom stereocenters. The maximum Gasteiger partial charge on any atom is 0.323 e. The van der Waals surface area contributed by atoms with Gasteiger partial charge in [0.15, 0.2) is 0 Å². The molecule has 11 heavy (non-hydrogen) atoms. The molecule has 0 bridgehead atoms. The Morgan fingerprint density at radius 1 is 1.55 bits per heavy atom. The van der Waals surface area contributed by atoms with E-state index in [1.54, 1.807) is 7.05 Å². The summed E-state index contributed by atoms with van der Waals surface area (Å²) < 4.78 is 0. The molecule has 1 heterocycles. The van der Waals surface area contributed by atoms with Gasteiger partial charge in [-0.05, 0) is 6.26 Å². The molecule has 1 rings (SSSR count). The Bertz CT molecular complexity index is 196. The summed E-state index contributed by atoms with van der Waals surface area (Å²) >= 11 is 1.44. The summed E-state index contributed by atoms with van der Waals surface area (Å²) in [6.07, 6.45) is 1.85. The third kappa shape index (κ3) is 1.46. The fourth-order valence-corrected chi connectivity index (χ4v) is 1.35. The second kappa shape index (κ2) is 3.10. The zero-order valence-electron chi connectivity index (χ0n) is 6.25. The Balaban J connectivity index is 2.66. The molecule has 0 aliphatic carbocycles. The fraction of sp³-hybridized carbons (Fsp3) is 0.600. The maximum atomic E-state index is 11.0. The molecule has 0 aromatic carbocycles. The quantitative estimate of drug-likeness (QED) is 0.488. The van der Waals surface area contributed by atoms with Crippen LogP contribution in [-0.2, 0) is 9.59 Å². The summed E-state index contributed by atoms with van der Waals surface area (Å²) in [6, 6.07) is 0. The van der Waals surface area contributed by atoms with Crippen LogP contribution < -0.4 is 10.9 Å². The second-order valence-electron chi connectivity index (χ2n) is 2.10. The van der Waals surface area contributed by atoms with E-state index >= 15 is 0 Å². The topological polar surface area (TPSA) is 61.4 Å². The molecule has 2 N–H and O–H groups in total. The van der Waals surface area contributed by atoms with E-state index in [4.69, 9.17) is 0 Å². The average molecular weight is 175 g/mol. The van der Waals surface area contributed by atoms with Gasteiger partial charge in [-0.2, -0.15) is 0 Å². The number of carbonyl (C=O) groups is 2. The Hall–Kier alpha value is -0.750. The van der Waals surface area contributed by atoms with Crippen molar-refractivity contribution in [1.29, 1.82) is 0 Å². The number of nitrogens with one attached hydrogen (secondary N) is 2. The largest absolute Gasteiger partial charge is 0.323 e. The van der Waals surface area contributed by atoms with Gasteiger partial charge in [0.05, 0.1) is 0 Å². The van der Waals surface area contributed by atoms with E-state index in [0.29, 0.717) is 0 Å². The normalized spacial score (nSPS) is 25.3. The highest BCUT2D eigenvalue weighted by molar-refractivity contribution is 7.99. The van der Waals surface area contributed by atoms with E-state index in [0.717, 1.165) is 0 Å². The number of hydrogen-bond acceptors (Lipinski definition) is 4. The molecule has 1 fully saturated rings. The van der Waals surface area contributed by atoms with Crippen LogP contribution in [0.3, 0.4) is 0 Å². The lowest BCUT2D eigenvalue weighted by Gasteiger charge is -2.31. The van der Waals surface area contributed by atoms with Gasteiger partial charge >= 0.3 is 11.8 Å². The Labute approximate surface area is 68.5 Å². The van der Waals surface area contributed by atoms with Crippen molar-refractivity contribution in [2.45, 2.75) is 5.50 Å². The van der Waals surface area contributed by atoms with Crippen molar-refractivity contribution in [2.75, 3.05) is 13.3 Å². The standard InChI is InChI=1S/C5H9N3O2S/c1-8-4(10)3(9)6-7-5(8)11-2/h5,7H,1-2H3,(H,6,9). The summed E-state index contributed by atoms with van der Waals surface area (Å²) in [4.78, 5) is 23.0. The van der Waals surface area contributed by atoms with Gasteiger partial charge < -0.3 is 4.90 Å². The minimum atomic E-state index is -0.613. The lowest BCUT2D eigenvalue weighted by atomic mass is 10.5. The summed E-state index contributed by atoms with van der Waals surface area (Å²) in [5.41, 5.74) is 4.76. The fourth-order valence-electron chi connectivity index (χ4n) is 0.761. The summed E-state index contributed by atoms with van der Waals surface area (Å²) in [5, 5.41) is 0. The summed E-state index contributed by atoms with van der Waals surface area (Å²) in [5.74, 6) is -1.12. The third-order valence-electron chi connectivity index (χ3n) is 1.40. The van der Waals surface area contributed by atoms with Gasteiger partial charge in [0.25, 0.3) is 0 Å². The Morgan fingerprint density at radius 3 is 2.73 bits per heavy atom. The number of amides is 2. The van der Waals surface area contributed by atoms with Gasteiger partial charge in [-0.3, -0.25) is 15.0 Å². The average Bonchev–Trinajstić information content (AvgIpc) is 2.01. The molecule has 5 nitrogen and oxygen atoms in total. The Morgan fingerprint density at radius 2 is 2.18 bits per heavy atom. The monoisotopic (exact) mass is 175 g/mol. The minimum Gasteiger partial charge on any atom is -0.311 e. The van der Waals surface area contributed by atoms with Crippen LogP contribution in [0.4, 0.5) is 0 Å². The molecule has 0 radical (unpaired) electrons. The zero-order valence-corrected chi connectivity index (χ0v) is 7.07.